The Morgan fingerprint density at radius 1 is 1.25 bits per heavy atom. The fraction of sp³-hybridized carbons (Fsp3) is 0.647. The summed E-state index contributed by atoms with van der Waals surface area (Å²) in [6, 6.07) is 8.82. The molecule has 3 heteroatoms. The molecule has 0 spiro atoms. The van der Waals surface area contributed by atoms with Crippen LogP contribution in [0.1, 0.15) is 50.5 Å². The smallest absolute Gasteiger partial charge is 0.122 e. The first kappa shape index (κ1) is 13.9. The monoisotopic (exact) mass is 274 g/mol. The molecule has 0 bridgehead atoms. The highest BCUT2D eigenvalue weighted by molar-refractivity contribution is 5.38. The van der Waals surface area contributed by atoms with E-state index in [1.54, 1.807) is 0 Å². The molecule has 0 saturated heterocycles. The fourth-order valence-electron chi connectivity index (χ4n) is 4.13. The van der Waals surface area contributed by atoms with Crippen LogP contribution in [0.3, 0.4) is 0 Å². The molecule has 1 saturated carbocycles. The van der Waals surface area contributed by atoms with Crippen molar-refractivity contribution in [2.45, 2.75) is 51.0 Å². The maximum absolute atomic E-state index is 5.95. The van der Waals surface area contributed by atoms with Crippen molar-refractivity contribution in [3.63, 3.8) is 0 Å². The first-order chi connectivity index (χ1) is 9.79. The second-order valence-electron chi connectivity index (χ2n) is 6.51. The summed E-state index contributed by atoms with van der Waals surface area (Å²) >= 11 is 0. The highest BCUT2D eigenvalue weighted by atomic mass is 16.5. The van der Waals surface area contributed by atoms with E-state index in [2.05, 4.69) is 36.6 Å². The summed E-state index contributed by atoms with van der Waals surface area (Å²) in [5, 5.41) is 0. The Kier molecular flexibility index (Phi) is 4.27. The lowest BCUT2D eigenvalue weighted by molar-refractivity contribution is 0.172. The molecule has 1 aromatic carbocycles. The van der Waals surface area contributed by atoms with Crippen molar-refractivity contribution in [2.75, 3.05) is 6.61 Å². The van der Waals surface area contributed by atoms with Gasteiger partial charge < -0.3 is 4.74 Å². The number of hydrogen-bond acceptors (Lipinski definition) is 3. The number of fused-ring (bicyclic) bond motifs is 1. The van der Waals surface area contributed by atoms with Crippen LogP contribution in [-0.4, -0.2) is 12.6 Å². The maximum atomic E-state index is 5.95. The van der Waals surface area contributed by atoms with E-state index in [1.165, 1.54) is 31.2 Å². The highest BCUT2D eigenvalue weighted by Crippen LogP contribution is 2.41. The predicted molar refractivity (Wildman–Crippen MR) is 81.5 cm³/mol. The molecule has 4 atom stereocenters. The topological polar surface area (TPSA) is 47.3 Å². The molecule has 0 amide bonds. The quantitative estimate of drug-likeness (QED) is 0.657. The highest BCUT2D eigenvalue weighted by Gasteiger charge is 2.35. The fourth-order valence-corrected chi connectivity index (χ4v) is 4.13. The summed E-state index contributed by atoms with van der Waals surface area (Å²) in [6.45, 7) is 3.18. The van der Waals surface area contributed by atoms with Crippen LogP contribution in [0, 0.1) is 11.8 Å². The number of ether oxygens (including phenoxy) is 1. The van der Waals surface area contributed by atoms with E-state index in [4.69, 9.17) is 10.6 Å². The van der Waals surface area contributed by atoms with E-state index in [-0.39, 0.29) is 0 Å². The summed E-state index contributed by atoms with van der Waals surface area (Å²) in [5.41, 5.74) is 4.48. The Morgan fingerprint density at radius 3 is 2.90 bits per heavy atom. The molecule has 3 nitrogen and oxygen atoms in total. The van der Waals surface area contributed by atoms with Gasteiger partial charge in [0.2, 0.25) is 0 Å². The Hall–Kier alpha value is -1.06. The zero-order chi connectivity index (χ0) is 13.9. The van der Waals surface area contributed by atoms with Crippen molar-refractivity contribution < 1.29 is 4.74 Å². The van der Waals surface area contributed by atoms with Crippen molar-refractivity contribution in [2.24, 2.45) is 17.7 Å². The first-order valence-corrected chi connectivity index (χ1v) is 7.97. The van der Waals surface area contributed by atoms with E-state index in [0.29, 0.717) is 17.9 Å². The van der Waals surface area contributed by atoms with Crippen molar-refractivity contribution in [3.05, 3.63) is 29.8 Å². The normalized spacial score (nSPS) is 31.2. The molecule has 0 radical (unpaired) electrons. The number of benzene rings is 1. The molecule has 1 heterocycles. The van der Waals surface area contributed by atoms with Gasteiger partial charge >= 0.3 is 0 Å². The van der Waals surface area contributed by atoms with Gasteiger partial charge in [-0.3, -0.25) is 11.3 Å². The lowest BCUT2D eigenvalue weighted by Gasteiger charge is -2.39. The summed E-state index contributed by atoms with van der Waals surface area (Å²) < 4.78 is 5.79. The molecular weight excluding hydrogens is 248 g/mol. The van der Waals surface area contributed by atoms with Crippen LogP contribution in [0.4, 0.5) is 0 Å². The minimum absolute atomic E-state index is 0.378. The Morgan fingerprint density at radius 2 is 2.10 bits per heavy atom. The van der Waals surface area contributed by atoms with Gasteiger partial charge in [0, 0.05) is 12.0 Å². The van der Waals surface area contributed by atoms with Crippen molar-refractivity contribution in [1.82, 2.24) is 5.43 Å². The van der Waals surface area contributed by atoms with Gasteiger partial charge in [0.15, 0.2) is 0 Å². The van der Waals surface area contributed by atoms with E-state index in [1.807, 2.05) is 0 Å². The largest absolute Gasteiger partial charge is 0.493 e. The van der Waals surface area contributed by atoms with Crippen LogP contribution < -0.4 is 16.0 Å². The number of rotatable bonds is 3. The van der Waals surface area contributed by atoms with Crippen LogP contribution >= 0.6 is 0 Å². The Balaban J connectivity index is 1.83. The summed E-state index contributed by atoms with van der Waals surface area (Å²) in [5.74, 6) is 9.01. The van der Waals surface area contributed by atoms with Gasteiger partial charge in [-0.1, -0.05) is 38.0 Å². The van der Waals surface area contributed by atoms with Gasteiger partial charge in [-0.05, 0) is 42.7 Å². The van der Waals surface area contributed by atoms with Gasteiger partial charge in [-0.15, -0.1) is 0 Å². The first-order valence-electron chi connectivity index (χ1n) is 7.97. The zero-order valence-electron chi connectivity index (χ0n) is 12.3. The van der Waals surface area contributed by atoms with Crippen LogP contribution in [0.25, 0.3) is 0 Å². The van der Waals surface area contributed by atoms with Gasteiger partial charge in [0.05, 0.1) is 6.61 Å². The van der Waals surface area contributed by atoms with Crippen molar-refractivity contribution >= 4 is 0 Å². The van der Waals surface area contributed by atoms with E-state index < -0.39 is 0 Å². The predicted octanol–water partition coefficient (Wildman–Crippen LogP) is 3.21. The lowest BCUT2D eigenvalue weighted by Crippen LogP contribution is -2.47. The van der Waals surface area contributed by atoms with Crippen molar-refractivity contribution in [1.29, 1.82) is 0 Å². The lowest BCUT2D eigenvalue weighted by atomic mass is 9.72. The second-order valence-corrected chi connectivity index (χ2v) is 6.51. The average molecular weight is 274 g/mol. The van der Waals surface area contributed by atoms with E-state index >= 15 is 0 Å². The number of para-hydroxylation sites is 1. The third-order valence-corrected chi connectivity index (χ3v) is 5.12. The SMILES string of the molecule is CC1CCCC(C(NN)C2CCOc3ccccc32)C1. The molecule has 1 aromatic rings. The van der Waals surface area contributed by atoms with Gasteiger partial charge in [0.25, 0.3) is 0 Å². The Labute approximate surface area is 121 Å². The number of nitrogens with two attached hydrogens (primary N) is 1. The molecule has 1 aliphatic heterocycles. The van der Waals surface area contributed by atoms with Crippen LogP contribution in [-0.2, 0) is 0 Å². The third-order valence-electron chi connectivity index (χ3n) is 5.12. The molecule has 1 aliphatic carbocycles. The number of hydrazine groups is 1. The number of hydrogen-bond donors (Lipinski definition) is 2. The molecule has 3 rings (SSSR count). The molecule has 0 aromatic heterocycles. The zero-order valence-corrected chi connectivity index (χ0v) is 12.3. The van der Waals surface area contributed by atoms with Gasteiger partial charge in [0.1, 0.15) is 5.75 Å². The standard InChI is InChI=1S/C17H26N2O/c1-12-5-4-6-13(11-12)17(19-18)15-9-10-20-16-8-3-2-7-14(15)16/h2-3,7-8,12-13,15,17,19H,4-6,9-11,18H2,1H3. The van der Waals surface area contributed by atoms with E-state index in [0.717, 1.165) is 24.7 Å². The molecule has 1 fully saturated rings. The summed E-state index contributed by atoms with van der Waals surface area (Å²) in [7, 11) is 0. The van der Waals surface area contributed by atoms with Crippen LogP contribution in [0.2, 0.25) is 0 Å². The van der Waals surface area contributed by atoms with Gasteiger partial charge in [-0.2, -0.15) is 0 Å². The minimum atomic E-state index is 0.378. The molecule has 2 aliphatic rings. The second kappa shape index (κ2) is 6.15. The third kappa shape index (κ3) is 2.70. The minimum Gasteiger partial charge on any atom is -0.493 e. The summed E-state index contributed by atoms with van der Waals surface area (Å²) in [4.78, 5) is 0. The molecular formula is C17H26N2O. The summed E-state index contributed by atoms with van der Waals surface area (Å²) in [6.07, 6.45) is 6.39. The van der Waals surface area contributed by atoms with Crippen LogP contribution in [0.5, 0.6) is 5.75 Å². The molecule has 20 heavy (non-hydrogen) atoms. The Bertz CT molecular complexity index is 448. The molecule has 4 unspecified atom stereocenters. The number of nitrogens with one attached hydrogen (secondary N) is 1. The van der Waals surface area contributed by atoms with E-state index in [9.17, 15) is 0 Å². The molecule has 110 valence electrons. The maximum Gasteiger partial charge on any atom is 0.122 e. The average Bonchev–Trinajstić information content (AvgIpc) is 2.48. The van der Waals surface area contributed by atoms with Gasteiger partial charge in [-0.25, -0.2) is 0 Å². The van der Waals surface area contributed by atoms with Crippen molar-refractivity contribution in [3.8, 4) is 5.75 Å². The van der Waals surface area contributed by atoms with Crippen LogP contribution in [0.15, 0.2) is 24.3 Å². The molecule has 3 N–H and O–H groups in total.